The average molecular weight is 475 g/mol. The largest absolute Gasteiger partial charge is 0.496 e. The van der Waals surface area contributed by atoms with Gasteiger partial charge in [0.2, 0.25) is 5.91 Å². The second kappa shape index (κ2) is 9.93. The van der Waals surface area contributed by atoms with Crippen molar-refractivity contribution in [3.05, 3.63) is 58.6 Å². The molecule has 8 heteroatoms. The molecule has 0 unspecified atom stereocenters. The summed E-state index contributed by atoms with van der Waals surface area (Å²) in [5.74, 6) is 1.82. The van der Waals surface area contributed by atoms with E-state index in [1.54, 1.807) is 12.0 Å². The Bertz CT molecular complexity index is 992. The van der Waals surface area contributed by atoms with E-state index in [-0.39, 0.29) is 5.91 Å². The van der Waals surface area contributed by atoms with Crippen LogP contribution in [-0.4, -0.2) is 45.5 Å². The van der Waals surface area contributed by atoms with Gasteiger partial charge in [0.1, 0.15) is 5.75 Å². The molecule has 29 heavy (non-hydrogen) atoms. The van der Waals surface area contributed by atoms with Crippen LogP contribution in [0.3, 0.4) is 0 Å². The molecule has 2 aromatic carbocycles. The minimum Gasteiger partial charge on any atom is -0.496 e. The predicted molar refractivity (Wildman–Crippen MR) is 119 cm³/mol. The fourth-order valence-corrected chi connectivity index (χ4v) is 4.27. The number of para-hydroxylation sites is 1. The maximum Gasteiger partial charge on any atom is 0.233 e. The average Bonchev–Trinajstić information content (AvgIpc) is 3.16. The minimum atomic E-state index is 0.0373. The molecule has 152 valence electrons. The molecule has 0 saturated carbocycles. The zero-order valence-corrected chi connectivity index (χ0v) is 19.0. The summed E-state index contributed by atoms with van der Waals surface area (Å²) < 4.78 is 8.45. The number of amides is 1. The Morgan fingerprint density at radius 3 is 2.62 bits per heavy atom. The molecule has 1 amide bonds. The van der Waals surface area contributed by atoms with Gasteiger partial charge in [-0.05, 0) is 30.7 Å². The number of halogens is 1. The number of hydrogen-bond acceptors (Lipinski definition) is 5. The molecule has 0 saturated heterocycles. The van der Waals surface area contributed by atoms with E-state index in [1.165, 1.54) is 11.8 Å². The van der Waals surface area contributed by atoms with Crippen LogP contribution in [-0.2, 0) is 17.9 Å². The molecule has 0 aliphatic carbocycles. The van der Waals surface area contributed by atoms with Gasteiger partial charge in [-0.1, -0.05) is 58.0 Å². The van der Waals surface area contributed by atoms with Crippen LogP contribution in [0.5, 0.6) is 5.75 Å². The molecule has 1 heterocycles. The molecular weight excluding hydrogens is 452 g/mol. The molecule has 3 aromatic rings. The van der Waals surface area contributed by atoms with Gasteiger partial charge in [-0.2, -0.15) is 0 Å². The second-order valence-corrected chi connectivity index (χ2v) is 8.18. The molecule has 0 spiro atoms. The van der Waals surface area contributed by atoms with Crippen LogP contribution < -0.4 is 4.74 Å². The van der Waals surface area contributed by atoms with Crippen molar-refractivity contribution in [3.63, 3.8) is 0 Å². The van der Waals surface area contributed by atoms with Gasteiger partial charge >= 0.3 is 0 Å². The number of ether oxygens (including phenoxy) is 1. The first-order valence-corrected chi connectivity index (χ1v) is 11.0. The SMILES string of the molecule is CCn1c(SCC(=O)N(C)Cc2ccccc2Br)nnc1-c1ccccc1OC. The van der Waals surface area contributed by atoms with Crippen LogP contribution in [0.15, 0.2) is 58.2 Å². The first-order valence-electron chi connectivity index (χ1n) is 9.21. The second-order valence-electron chi connectivity index (χ2n) is 6.38. The third-order valence-electron chi connectivity index (χ3n) is 4.50. The lowest BCUT2D eigenvalue weighted by Gasteiger charge is -2.18. The highest BCUT2D eigenvalue weighted by Gasteiger charge is 2.18. The zero-order chi connectivity index (χ0) is 20.8. The smallest absolute Gasteiger partial charge is 0.233 e. The summed E-state index contributed by atoms with van der Waals surface area (Å²) in [6, 6.07) is 15.6. The molecule has 0 N–H and O–H groups in total. The van der Waals surface area contributed by atoms with Gasteiger partial charge in [-0.25, -0.2) is 0 Å². The number of hydrogen-bond donors (Lipinski definition) is 0. The summed E-state index contributed by atoms with van der Waals surface area (Å²) in [6.07, 6.45) is 0. The Balaban J connectivity index is 1.70. The van der Waals surface area contributed by atoms with E-state index in [2.05, 4.69) is 26.1 Å². The van der Waals surface area contributed by atoms with Crippen molar-refractivity contribution < 1.29 is 9.53 Å². The maximum atomic E-state index is 12.6. The summed E-state index contributed by atoms with van der Waals surface area (Å²) in [7, 11) is 3.45. The fraction of sp³-hybridized carbons (Fsp3) is 0.286. The van der Waals surface area contributed by atoms with E-state index >= 15 is 0 Å². The summed E-state index contributed by atoms with van der Waals surface area (Å²) in [5, 5.41) is 9.38. The molecule has 1 aromatic heterocycles. The molecular formula is C21H23BrN4O2S. The van der Waals surface area contributed by atoms with E-state index in [0.717, 1.165) is 32.3 Å². The van der Waals surface area contributed by atoms with Crippen LogP contribution in [0.25, 0.3) is 11.4 Å². The fourth-order valence-electron chi connectivity index (χ4n) is 2.92. The topological polar surface area (TPSA) is 60.2 Å². The van der Waals surface area contributed by atoms with Gasteiger partial charge in [-0.15, -0.1) is 10.2 Å². The van der Waals surface area contributed by atoms with Crippen molar-refractivity contribution in [1.82, 2.24) is 19.7 Å². The van der Waals surface area contributed by atoms with Crippen molar-refractivity contribution in [2.75, 3.05) is 19.9 Å². The lowest BCUT2D eigenvalue weighted by Crippen LogP contribution is -2.28. The van der Waals surface area contributed by atoms with Crippen LogP contribution in [0.2, 0.25) is 0 Å². The summed E-state index contributed by atoms with van der Waals surface area (Å²) in [6.45, 7) is 3.28. The lowest BCUT2D eigenvalue weighted by molar-refractivity contribution is -0.127. The monoisotopic (exact) mass is 474 g/mol. The summed E-state index contributed by atoms with van der Waals surface area (Å²) >= 11 is 4.93. The Kier molecular flexibility index (Phi) is 7.33. The van der Waals surface area contributed by atoms with E-state index in [0.29, 0.717) is 18.8 Å². The van der Waals surface area contributed by atoms with Crippen molar-refractivity contribution in [2.45, 2.75) is 25.2 Å². The van der Waals surface area contributed by atoms with E-state index in [9.17, 15) is 4.79 Å². The van der Waals surface area contributed by atoms with Crippen molar-refractivity contribution in [2.24, 2.45) is 0 Å². The Hall–Kier alpha value is -2.32. The number of methoxy groups -OCH3 is 1. The Labute approximate surface area is 183 Å². The highest BCUT2D eigenvalue weighted by atomic mass is 79.9. The predicted octanol–water partition coefficient (Wildman–Crippen LogP) is 4.49. The van der Waals surface area contributed by atoms with Gasteiger partial charge in [0.15, 0.2) is 11.0 Å². The van der Waals surface area contributed by atoms with Crippen LogP contribution in [0.1, 0.15) is 12.5 Å². The van der Waals surface area contributed by atoms with Crippen molar-refractivity contribution in [1.29, 1.82) is 0 Å². The number of carbonyl (C=O) groups is 1. The minimum absolute atomic E-state index is 0.0373. The summed E-state index contributed by atoms with van der Waals surface area (Å²) in [5.41, 5.74) is 1.96. The van der Waals surface area contributed by atoms with Gasteiger partial charge in [0, 0.05) is 24.6 Å². The summed E-state index contributed by atoms with van der Waals surface area (Å²) in [4.78, 5) is 14.3. The van der Waals surface area contributed by atoms with E-state index < -0.39 is 0 Å². The van der Waals surface area contributed by atoms with Gasteiger partial charge in [0.25, 0.3) is 0 Å². The third kappa shape index (κ3) is 5.00. The van der Waals surface area contributed by atoms with Crippen LogP contribution >= 0.6 is 27.7 Å². The molecule has 0 fully saturated rings. The molecule has 0 bridgehead atoms. The standard InChI is InChI=1S/C21H23BrN4O2S/c1-4-26-20(16-10-6-8-12-18(16)28-3)23-24-21(26)29-14-19(27)25(2)13-15-9-5-7-11-17(15)22/h5-12H,4,13-14H2,1-3H3. The third-order valence-corrected chi connectivity index (χ3v) is 6.22. The number of carbonyl (C=O) groups excluding carboxylic acids is 1. The van der Waals surface area contributed by atoms with E-state index in [1.807, 2.05) is 67.1 Å². The first-order chi connectivity index (χ1) is 14.0. The number of benzene rings is 2. The number of nitrogens with zero attached hydrogens (tertiary/aromatic N) is 4. The molecule has 6 nitrogen and oxygen atoms in total. The van der Waals surface area contributed by atoms with Gasteiger partial charge in [-0.3, -0.25) is 4.79 Å². The van der Waals surface area contributed by atoms with Crippen molar-refractivity contribution >= 4 is 33.6 Å². The highest BCUT2D eigenvalue weighted by molar-refractivity contribution is 9.10. The number of thioether (sulfide) groups is 1. The van der Waals surface area contributed by atoms with Crippen molar-refractivity contribution in [3.8, 4) is 17.1 Å². The molecule has 3 rings (SSSR count). The number of rotatable bonds is 8. The zero-order valence-electron chi connectivity index (χ0n) is 16.6. The molecule has 0 aliphatic rings. The molecule has 0 aliphatic heterocycles. The normalized spacial score (nSPS) is 10.8. The van der Waals surface area contributed by atoms with Crippen LogP contribution in [0, 0.1) is 0 Å². The molecule has 0 radical (unpaired) electrons. The number of aromatic nitrogens is 3. The maximum absolute atomic E-state index is 12.6. The highest BCUT2D eigenvalue weighted by Crippen LogP contribution is 2.30. The van der Waals surface area contributed by atoms with Gasteiger partial charge < -0.3 is 14.2 Å². The quantitative estimate of drug-likeness (QED) is 0.450. The Morgan fingerprint density at radius 1 is 1.17 bits per heavy atom. The van der Waals surface area contributed by atoms with Gasteiger partial charge in [0.05, 0.1) is 18.4 Å². The first kappa shape index (κ1) is 21.4. The lowest BCUT2D eigenvalue weighted by atomic mass is 10.2. The van der Waals surface area contributed by atoms with E-state index in [4.69, 9.17) is 4.74 Å². The van der Waals surface area contributed by atoms with Crippen LogP contribution in [0.4, 0.5) is 0 Å². The molecule has 0 atom stereocenters. The Morgan fingerprint density at radius 2 is 1.90 bits per heavy atom.